The number of halogens is 1. The lowest BCUT2D eigenvalue weighted by Crippen LogP contribution is -2.12. The second-order valence-electron chi connectivity index (χ2n) is 6.76. The minimum Gasteiger partial charge on any atom is -0.143 e. The van der Waals surface area contributed by atoms with Crippen LogP contribution in [-0.2, 0) is 0 Å². The Morgan fingerprint density at radius 1 is 1.21 bits per heavy atom. The molecule has 1 aromatic heterocycles. The molecule has 2 heteroatoms. The predicted octanol–water partition coefficient (Wildman–Crippen LogP) is 6.80. The molecule has 2 unspecified atom stereocenters. The fraction of sp³-hybridized carbons (Fsp3) is 0.529. The minimum absolute atomic E-state index is 0.419. The Labute approximate surface area is 129 Å². The highest BCUT2D eigenvalue weighted by Crippen LogP contribution is 2.39. The molecule has 2 atom stereocenters. The highest BCUT2D eigenvalue weighted by atomic mass is 79.9. The zero-order valence-corrected chi connectivity index (χ0v) is 14.6. The number of hydrogen-bond acceptors (Lipinski definition) is 1. The SMILES string of the molecule is CC(CC(Br)c1csc2ccccc12)CC(C)(C)C. The molecule has 1 aromatic carbocycles. The average molecular weight is 339 g/mol. The minimum atomic E-state index is 0.419. The Hall–Kier alpha value is -0.340. The van der Waals surface area contributed by atoms with Crippen molar-refractivity contribution in [3.8, 4) is 0 Å². The maximum atomic E-state index is 3.90. The van der Waals surface area contributed by atoms with Crippen LogP contribution in [0.2, 0.25) is 0 Å². The predicted molar refractivity (Wildman–Crippen MR) is 91.3 cm³/mol. The van der Waals surface area contributed by atoms with Gasteiger partial charge in [0.25, 0.3) is 0 Å². The van der Waals surface area contributed by atoms with Crippen molar-refractivity contribution in [3.05, 3.63) is 35.2 Å². The van der Waals surface area contributed by atoms with Gasteiger partial charge in [0.1, 0.15) is 0 Å². The number of hydrogen-bond donors (Lipinski definition) is 0. The summed E-state index contributed by atoms with van der Waals surface area (Å²) in [6.07, 6.45) is 2.48. The van der Waals surface area contributed by atoms with E-state index < -0.39 is 0 Å². The molecule has 0 aliphatic rings. The van der Waals surface area contributed by atoms with Crippen LogP contribution in [0.5, 0.6) is 0 Å². The van der Waals surface area contributed by atoms with Crippen LogP contribution in [0.15, 0.2) is 29.6 Å². The second kappa shape index (κ2) is 5.97. The first kappa shape index (κ1) is 15.1. The van der Waals surface area contributed by atoms with Crippen LogP contribution in [0, 0.1) is 11.3 Å². The van der Waals surface area contributed by atoms with Crippen molar-refractivity contribution in [2.75, 3.05) is 0 Å². The van der Waals surface area contributed by atoms with E-state index in [1.165, 1.54) is 28.5 Å². The van der Waals surface area contributed by atoms with Crippen LogP contribution in [0.3, 0.4) is 0 Å². The molecule has 0 saturated heterocycles. The van der Waals surface area contributed by atoms with Crippen molar-refractivity contribution in [3.63, 3.8) is 0 Å². The maximum absolute atomic E-state index is 3.90. The number of fused-ring (bicyclic) bond motifs is 1. The molecule has 0 nitrogen and oxygen atoms in total. The average Bonchev–Trinajstić information content (AvgIpc) is 2.69. The van der Waals surface area contributed by atoms with Crippen LogP contribution in [0.25, 0.3) is 10.1 Å². The van der Waals surface area contributed by atoms with E-state index in [9.17, 15) is 0 Å². The van der Waals surface area contributed by atoms with Gasteiger partial charge in [-0.15, -0.1) is 11.3 Å². The van der Waals surface area contributed by atoms with Gasteiger partial charge in [0, 0.05) is 9.53 Å². The number of alkyl halides is 1. The topological polar surface area (TPSA) is 0 Å². The fourth-order valence-corrected chi connectivity index (χ4v) is 5.06. The first-order chi connectivity index (χ1) is 8.87. The summed E-state index contributed by atoms with van der Waals surface area (Å²) in [6, 6.07) is 8.70. The van der Waals surface area contributed by atoms with Gasteiger partial charge < -0.3 is 0 Å². The van der Waals surface area contributed by atoms with Gasteiger partial charge >= 0.3 is 0 Å². The lowest BCUT2D eigenvalue weighted by Gasteiger charge is -2.24. The van der Waals surface area contributed by atoms with Crippen molar-refractivity contribution in [1.29, 1.82) is 0 Å². The zero-order valence-electron chi connectivity index (χ0n) is 12.2. The van der Waals surface area contributed by atoms with Gasteiger partial charge in [0.15, 0.2) is 0 Å². The highest BCUT2D eigenvalue weighted by molar-refractivity contribution is 9.09. The van der Waals surface area contributed by atoms with Gasteiger partial charge in [0.2, 0.25) is 0 Å². The Morgan fingerprint density at radius 3 is 2.58 bits per heavy atom. The van der Waals surface area contributed by atoms with E-state index in [-0.39, 0.29) is 0 Å². The van der Waals surface area contributed by atoms with E-state index >= 15 is 0 Å². The van der Waals surface area contributed by atoms with E-state index in [0.29, 0.717) is 10.2 Å². The van der Waals surface area contributed by atoms with E-state index in [2.05, 4.69) is 73.3 Å². The van der Waals surface area contributed by atoms with Gasteiger partial charge in [-0.25, -0.2) is 0 Å². The summed E-state index contributed by atoms with van der Waals surface area (Å²) in [5.41, 5.74) is 1.88. The quantitative estimate of drug-likeness (QED) is 0.537. The van der Waals surface area contributed by atoms with Gasteiger partial charge in [-0.1, -0.05) is 61.8 Å². The third-order valence-corrected chi connectivity index (χ3v) is 5.27. The van der Waals surface area contributed by atoms with Crippen LogP contribution >= 0.6 is 27.3 Å². The standard InChI is InChI=1S/C17H23BrS/c1-12(10-17(2,3)4)9-15(18)14-11-19-16-8-6-5-7-13(14)16/h5-8,11-12,15H,9-10H2,1-4H3. The Balaban J connectivity index is 2.10. The van der Waals surface area contributed by atoms with E-state index in [0.717, 1.165) is 5.92 Å². The number of rotatable bonds is 4. The summed E-state index contributed by atoms with van der Waals surface area (Å²) in [6.45, 7) is 9.35. The summed E-state index contributed by atoms with van der Waals surface area (Å²) >= 11 is 5.75. The first-order valence-electron chi connectivity index (χ1n) is 6.97. The Bertz CT molecular complexity index is 535. The molecule has 0 fully saturated rings. The highest BCUT2D eigenvalue weighted by Gasteiger charge is 2.20. The van der Waals surface area contributed by atoms with Gasteiger partial charge in [-0.3, -0.25) is 0 Å². The second-order valence-corrected chi connectivity index (χ2v) is 8.78. The molecule has 0 N–H and O–H groups in total. The van der Waals surface area contributed by atoms with Crippen molar-refractivity contribution in [1.82, 2.24) is 0 Å². The Kier molecular flexibility index (Phi) is 4.73. The van der Waals surface area contributed by atoms with Crippen molar-refractivity contribution in [2.24, 2.45) is 11.3 Å². The molecule has 2 rings (SSSR count). The monoisotopic (exact) mass is 338 g/mol. The molecule has 0 saturated carbocycles. The van der Waals surface area contributed by atoms with Gasteiger partial charge in [-0.2, -0.15) is 0 Å². The summed E-state index contributed by atoms with van der Waals surface area (Å²) in [4.78, 5) is 0.473. The molecule has 0 spiro atoms. The Morgan fingerprint density at radius 2 is 1.89 bits per heavy atom. The molecule has 0 aliphatic heterocycles. The third kappa shape index (κ3) is 4.06. The van der Waals surface area contributed by atoms with E-state index in [1.807, 2.05) is 11.3 Å². The molecule has 2 aromatic rings. The van der Waals surface area contributed by atoms with Crippen molar-refractivity contribution < 1.29 is 0 Å². The molecule has 0 radical (unpaired) electrons. The summed E-state index contributed by atoms with van der Waals surface area (Å²) < 4.78 is 1.39. The molecule has 0 bridgehead atoms. The van der Waals surface area contributed by atoms with Crippen molar-refractivity contribution >= 4 is 37.4 Å². The molecule has 0 amide bonds. The normalized spacial score (nSPS) is 15.6. The van der Waals surface area contributed by atoms with Gasteiger partial charge in [-0.05, 0) is 46.6 Å². The first-order valence-corrected chi connectivity index (χ1v) is 8.76. The molecule has 1 heterocycles. The lowest BCUT2D eigenvalue weighted by atomic mass is 9.83. The smallest absolute Gasteiger partial charge is 0.0412 e. The molecule has 19 heavy (non-hydrogen) atoms. The zero-order chi connectivity index (χ0) is 14.0. The fourth-order valence-electron chi connectivity index (χ4n) is 2.85. The van der Waals surface area contributed by atoms with Crippen LogP contribution in [0.4, 0.5) is 0 Å². The van der Waals surface area contributed by atoms with Crippen LogP contribution in [-0.4, -0.2) is 0 Å². The van der Waals surface area contributed by atoms with E-state index in [1.54, 1.807) is 0 Å². The van der Waals surface area contributed by atoms with Gasteiger partial charge in [0.05, 0.1) is 0 Å². The van der Waals surface area contributed by atoms with Crippen LogP contribution in [0.1, 0.15) is 50.9 Å². The van der Waals surface area contributed by atoms with Crippen molar-refractivity contribution in [2.45, 2.75) is 45.4 Å². The lowest BCUT2D eigenvalue weighted by molar-refractivity contribution is 0.297. The number of benzene rings is 1. The molecular weight excluding hydrogens is 316 g/mol. The molecule has 0 aliphatic carbocycles. The number of thiophene rings is 1. The summed E-state index contributed by atoms with van der Waals surface area (Å²) in [7, 11) is 0. The molecular formula is C17H23BrS. The van der Waals surface area contributed by atoms with Crippen LogP contribution < -0.4 is 0 Å². The summed E-state index contributed by atoms with van der Waals surface area (Å²) in [5, 5.41) is 3.73. The van der Waals surface area contributed by atoms with E-state index in [4.69, 9.17) is 0 Å². The largest absolute Gasteiger partial charge is 0.143 e. The summed E-state index contributed by atoms with van der Waals surface area (Å²) in [5.74, 6) is 0.739. The third-order valence-electron chi connectivity index (χ3n) is 3.42. The maximum Gasteiger partial charge on any atom is 0.0412 e. The molecule has 104 valence electrons.